The first-order chi connectivity index (χ1) is 18.2. The maximum absolute atomic E-state index is 13.7. The molecule has 2 unspecified atom stereocenters. The van der Waals surface area contributed by atoms with Gasteiger partial charge in [0.05, 0.1) is 29.5 Å². The minimum absolute atomic E-state index is 0.0895. The number of ether oxygens (including phenoxy) is 1. The van der Waals surface area contributed by atoms with Crippen LogP contribution in [0.3, 0.4) is 0 Å². The summed E-state index contributed by atoms with van der Waals surface area (Å²) in [6, 6.07) is 17.4. The first-order valence-corrected chi connectivity index (χ1v) is 11.8. The Labute approximate surface area is 216 Å². The van der Waals surface area contributed by atoms with Crippen molar-refractivity contribution in [3.63, 3.8) is 0 Å². The fourth-order valence-electron chi connectivity index (χ4n) is 4.39. The molecule has 1 saturated heterocycles. The Morgan fingerprint density at radius 1 is 1.03 bits per heavy atom. The largest absolute Gasteiger partial charge is 0.458 e. The highest BCUT2D eigenvalue weighted by Gasteiger charge is 2.31. The average molecular weight is 521 g/mol. The molecule has 3 N–H and O–H groups in total. The Balaban J connectivity index is 1.76. The van der Waals surface area contributed by atoms with Gasteiger partial charge in [0.1, 0.15) is 17.7 Å². The van der Waals surface area contributed by atoms with Crippen molar-refractivity contribution in [3.8, 4) is 33.9 Å². The molecule has 0 amide bonds. The van der Waals surface area contributed by atoms with Crippen LogP contribution in [-0.4, -0.2) is 37.8 Å². The molecule has 0 saturated carbocycles. The molecule has 1 fully saturated rings. The molecule has 0 radical (unpaired) electrons. The Morgan fingerprint density at radius 3 is 2.50 bits per heavy atom. The van der Waals surface area contributed by atoms with Gasteiger partial charge >= 0.3 is 12.1 Å². The summed E-state index contributed by atoms with van der Waals surface area (Å²) < 4.78 is 48.0. The molecular weight excluding hydrogens is 497 g/mol. The smallest absolute Gasteiger partial charge is 0.416 e. The first kappa shape index (κ1) is 25.2. The predicted octanol–water partition coefficient (Wildman–Crippen LogP) is 5.42. The number of aliphatic hydroxyl groups excluding tert-OH is 1. The second-order valence-corrected chi connectivity index (χ2v) is 8.88. The number of esters is 1. The lowest BCUT2D eigenvalue weighted by molar-refractivity contribution is -0.156. The fourth-order valence-corrected chi connectivity index (χ4v) is 4.39. The number of imidazole rings is 1. The summed E-state index contributed by atoms with van der Waals surface area (Å²) in [7, 11) is 0. The number of nitrogens with two attached hydrogens (primary N) is 1. The summed E-state index contributed by atoms with van der Waals surface area (Å²) in [4.78, 5) is 20.7. The van der Waals surface area contributed by atoms with Crippen LogP contribution < -0.4 is 5.73 Å². The van der Waals surface area contributed by atoms with Crippen LogP contribution >= 0.6 is 0 Å². The maximum Gasteiger partial charge on any atom is 0.416 e. The molecule has 2 aromatic heterocycles. The van der Waals surface area contributed by atoms with Gasteiger partial charge in [-0.15, -0.1) is 0 Å². The van der Waals surface area contributed by atoms with Crippen molar-refractivity contribution in [1.82, 2.24) is 14.5 Å². The molecule has 5 rings (SSSR count). The topological polar surface area (TPSA) is 103 Å². The van der Waals surface area contributed by atoms with Gasteiger partial charge in [-0.25, -0.2) is 9.97 Å². The molecule has 0 bridgehead atoms. The molecular formula is C28H23F3N4O3. The lowest BCUT2D eigenvalue weighted by atomic mass is 10.0. The summed E-state index contributed by atoms with van der Waals surface area (Å²) in [5.74, 6) is 0.146. The van der Waals surface area contributed by atoms with Crippen molar-refractivity contribution < 1.29 is 27.8 Å². The van der Waals surface area contributed by atoms with E-state index in [0.29, 0.717) is 28.3 Å². The number of aliphatic hydroxyl groups is 1. The summed E-state index contributed by atoms with van der Waals surface area (Å²) in [6.45, 7) is 0. The number of hydrogen-bond acceptors (Lipinski definition) is 6. The Bertz CT molecular complexity index is 1500. The minimum Gasteiger partial charge on any atom is -0.458 e. The van der Waals surface area contributed by atoms with E-state index in [1.807, 2.05) is 30.3 Å². The van der Waals surface area contributed by atoms with E-state index in [9.17, 15) is 23.1 Å². The standard InChI is InChI=1S/C28H23F3N4O3/c29-28(30,31)20-8-4-7-19(13-20)26-25(18-9-11-33-23(32)14-18)34-27(17-5-2-1-3-6-17)35(26)12-10-22-15-21(36)16-24(37)38-22/h1-14,21-22,36H,15-16H2,(H2,32,33)/b12-10+. The second kappa shape index (κ2) is 10.1. The lowest BCUT2D eigenvalue weighted by Gasteiger charge is -2.23. The third-order valence-electron chi connectivity index (χ3n) is 6.10. The zero-order valence-electron chi connectivity index (χ0n) is 20.0. The zero-order valence-corrected chi connectivity index (χ0v) is 20.0. The lowest BCUT2D eigenvalue weighted by Crippen LogP contribution is -2.31. The number of carbonyl (C=O) groups is 1. The summed E-state index contributed by atoms with van der Waals surface area (Å²) in [5.41, 5.74) is 7.42. The van der Waals surface area contributed by atoms with Crippen LogP contribution in [-0.2, 0) is 15.7 Å². The van der Waals surface area contributed by atoms with Gasteiger partial charge < -0.3 is 15.6 Å². The fraction of sp³-hybridized carbons (Fsp3) is 0.179. The number of nitrogen functional groups attached to an aromatic ring is 1. The number of cyclic esters (lactones) is 1. The van der Waals surface area contributed by atoms with Crippen molar-refractivity contribution >= 4 is 18.0 Å². The highest BCUT2D eigenvalue weighted by Crippen LogP contribution is 2.39. The van der Waals surface area contributed by atoms with Crippen LogP contribution in [0.15, 0.2) is 79.0 Å². The quantitative estimate of drug-likeness (QED) is 0.341. The number of hydrogen-bond donors (Lipinski definition) is 2. The molecule has 4 aromatic rings. The SMILES string of the molecule is Nc1cc(-c2nc(-c3ccccc3)n(/C=C/C3CC(O)CC(=O)O3)c2-c2cccc(C(F)(F)F)c2)ccn1. The van der Waals surface area contributed by atoms with E-state index < -0.39 is 29.9 Å². The third-order valence-corrected chi connectivity index (χ3v) is 6.10. The van der Waals surface area contributed by atoms with Gasteiger partial charge in [-0.3, -0.25) is 9.36 Å². The number of aromatic nitrogens is 3. The summed E-state index contributed by atoms with van der Waals surface area (Å²) in [6.07, 6.45) is -1.30. The molecule has 7 nitrogen and oxygen atoms in total. The average Bonchev–Trinajstić information content (AvgIpc) is 3.27. The number of halogens is 3. The van der Waals surface area contributed by atoms with Crippen LogP contribution in [0.25, 0.3) is 40.1 Å². The van der Waals surface area contributed by atoms with E-state index in [1.54, 1.807) is 35.0 Å². The van der Waals surface area contributed by atoms with Crippen molar-refractivity contribution in [2.75, 3.05) is 5.73 Å². The van der Waals surface area contributed by atoms with Crippen LogP contribution in [0.1, 0.15) is 18.4 Å². The molecule has 0 aliphatic carbocycles. The van der Waals surface area contributed by atoms with Gasteiger partial charge in [0.15, 0.2) is 0 Å². The number of nitrogens with zero attached hydrogens (tertiary/aromatic N) is 3. The number of alkyl halides is 3. The number of benzene rings is 2. The van der Waals surface area contributed by atoms with Crippen LogP contribution in [0, 0.1) is 0 Å². The normalized spacial score (nSPS) is 18.1. The molecule has 38 heavy (non-hydrogen) atoms. The zero-order chi connectivity index (χ0) is 26.9. The maximum atomic E-state index is 13.7. The first-order valence-electron chi connectivity index (χ1n) is 11.8. The third kappa shape index (κ3) is 5.30. The molecule has 3 heterocycles. The van der Waals surface area contributed by atoms with Crippen molar-refractivity contribution in [2.24, 2.45) is 0 Å². The van der Waals surface area contributed by atoms with Crippen LogP contribution in [0.5, 0.6) is 0 Å². The molecule has 0 spiro atoms. The minimum atomic E-state index is -4.55. The second-order valence-electron chi connectivity index (χ2n) is 8.88. The van der Waals surface area contributed by atoms with E-state index >= 15 is 0 Å². The Morgan fingerprint density at radius 2 is 1.79 bits per heavy atom. The number of anilines is 1. The Hall–Kier alpha value is -4.44. The summed E-state index contributed by atoms with van der Waals surface area (Å²) in [5, 5.41) is 10.0. The molecule has 194 valence electrons. The molecule has 2 atom stereocenters. The van der Waals surface area contributed by atoms with Gasteiger partial charge in [0, 0.05) is 35.5 Å². The summed E-state index contributed by atoms with van der Waals surface area (Å²) >= 11 is 0. The van der Waals surface area contributed by atoms with E-state index in [0.717, 1.165) is 12.1 Å². The van der Waals surface area contributed by atoms with Crippen molar-refractivity contribution in [3.05, 3.63) is 84.6 Å². The molecule has 1 aliphatic rings. The van der Waals surface area contributed by atoms with Gasteiger partial charge in [0.25, 0.3) is 0 Å². The van der Waals surface area contributed by atoms with Gasteiger partial charge in [-0.1, -0.05) is 42.5 Å². The predicted molar refractivity (Wildman–Crippen MR) is 136 cm³/mol. The molecule has 1 aliphatic heterocycles. The van der Waals surface area contributed by atoms with Gasteiger partial charge in [0.2, 0.25) is 0 Å². The van der Waals surface area contributed by atoms with Crippen LogP contribution in [0.4, 0.5) is 19.0 Å². The number of carbonyl (C=O) groups excluding carboxylic acids is 1. The van der Waals surface area contributed by atoms with E-state index in [-0.39, 0.29) is 24.2 Å². The number of pyridine rings is 1. The van der Waals surface area contributed by atoms with E-state index in [2.05, 4.69) is 4.98 Å². The van der Waals surface area contributed by atoms with E-state index in [1.165, 1.54) is 12.3 Å². The highest BCUT2D eigenvalue weighted by atomic mass is 19.4. The van der Waals surface area contributed by atoms with Crippen LogP contribution in [0.2, 0.25) is 0 Å². The van der Waals surface area contributed by atoms with E-state index in [4.69, 9.17) is 15.5 Å². The highest BCUT2D eigenvalue weighted by molar-refractivity contribution is 5.85. The van der Waals surface area contributed by atoms with Crippen molar-refractivity contribution in [2.45, 2.75) is 31.2 Å². The molecule has 10 heteroatoms. The monoisotopic (exact) mass is 520 g/mol. The van der Waals surface area contributed by atoms with Gasteiger partial charge in [-0.05, 0) is 30.3 Å². The van der Waals surface area contributed by atoms with Gasteiger partial charge in [-0.2, -0.15) is 13.2 Å². The molecule has 2 aromatic carbocycles. The number of rotatable bonds is 5. The van der Waals surface area contributed by atoms with Crippen molar-refractivity contribution in [1.29, 1.82) is 0 Å². The Kier molecular flexibility index (Phi) is 6.73.